The fourth-order valence-corrected chi connectivity index (χ4v) is 5.29. The number of anilines is 1. The standard InChI is InChI=1S/C23H28N4O5S2/c1-3-4-7-26-20(25-9-11-32-12-10-25)16(15(2)17(14-24)21(26)30)13-18-22(31)27(23(33)34-18)8-5-6-19(28)29/h13H,3-12H2,1-2H3,(H,28,29)/b18-13-. The van der Waals surface area contributed by atoms with E-state index in [0.717, 1.165) is 24.6 Å². The van der Waals surface area contributed by atoms with E-state index < -0.39 is 5.97 Å². The molecule has 34 heavy (non-hydrogen) atoms. The van der Waals surface area contributed by atoms with E-state index in [9.17, 15) is 19.6 Å². The predicted octanol–water partition coefficient (Wildman–Crippen LogP) is 2.73. The van der Waals surface area contributed by atoms with Gasteiger partial charge in [0.1, 0.15) is 21.8 Å². The van der Waals surface area contributed by atoms with E-state index in [4.69, 9.17) is 22.1 Å². The largest absolute Gasteiger partial charge is 0.481 e. The first kappa shape index (κ1) is 25.9. The van der Waals surface area contributed by atoms with Gasteiger partial charge in [-0.05, 0) is 31.4 Å². The molecule has 1 N–H and O–H groups in total. The maximum absolute atomic E-state index is 13.2. The van der Waals surface area contributed by atoms with E-state index in [1.807, 2.05) is 6.92 Å². The Morgan fingerprint density at radius 2 is 1.97 bits per heavy atom. The molecule has 2 saturated heterocycles. The van der Waals surface area contributed by atoms with Gasteiger partial charge in [-0.15, -0.1) is 0 Å². The molecule has 1 amide bonds. The number of carboxylic acids is 1. The van der Waals surface area contributed by atoms with Gasteiger partial charge in [0, 0.05) is 38.2 Å². The number of unbranched alkanes of at least 4 members (excludes halogenated alkanes) is 1. The van der Waals surface area contributed by atoms with Gasteiger partial charge in [-0.3, -0.25) is 23.9 Å². The second kappa shape index (κ2) is 11.6. The number of pyridine rings is 1. The van der Waals surface area contributed by atoms with E-state index in [1.165, 1.54) is 4.90 Å². The molecule has 3 rings (SSSR count). The Bertz CT molecular complexity index is 1120. The first-order valence-electron chi connectivity index (χ1n) is 11.3. The molecule has 0 radical (unpaired) electrons. The highest BCUT2D eigenvalue weighted by atomic mass is 32.2. The summed E-state index contributed by atoms with van der Waals surface area (Å²) in [4.78, 5) is 41.1. The van der Waals surface area contributed by atoms with Gasteiger partial charge in [0.25, 0.3) is 11.5 Å². The fraction of sp³-hybridized carbons (Fsp3) is 0.522. The van der Waals surface area contributed by atoms with Gasteiger partial charge in [-0.1, -0.05) is 37.3 Å². The number of morpholine rings is 1. The van der Waals surface area contributed by atoms with Crippen molar-refractivity contribution in [1.29, 1.82) is 5.26 Å². The SMILES string of the molecule is CCCCn1c(N2CCOCC2)c(/C=C2\SC(=S)N(CCCC(=O)O)C2=O)c(C)c(C#N)c1=O. The summed E-state index contributed by atoms with van der Waals surface area (Å²) in [5, 5.41) is 18.6. The van der Waals surface area contributed by atoms with Crippen molar-refractivity contribution in [3.63, 3.8) is 0 Å². The van der Waals surface area contributed by atoms with Crippen LogP contribution >= 0.6 is 24.0 Å². The van der Waals surface area contributed by atoms with Gasteiger partial charge < -0.3 is 14.7 Å². The Morgan fingerprint density at radius 1 is 1.26 bits per heavy atom. The van der Waals surface area contributed by atoms with Crippen LogP contribution in [0.1, 0.15) is 49.3 Å². The molecular formula is C23H28N4O5S2. The lowest BCUT2D eigenvalue weighted by Crippen LogP contribution is -2.41. The third-order valence-corrected chi connectivity index (χ3v) is 7.19. The van der Waals surface area contributed by atoms with Crippen LogP contribution in [0, 0.1) is 18.3 Å². The third kappa shape index (κ3) is 5.51. The van der Waals surface area contributed by atoms with Crippen LogP contribution in [0.5, 0.6) is 0 Å². The average Bonchev–Trinajstić information content (AvgIpc) is 3.08. The molecule has 2 fully saturated rings. The minimum absolute atomic E-state index is 0.0513. The van der Waals surface area contributed by atoms with Crippen molar-refractivity contribution in [2.24, 2.45) is 0 Å². The van der Waals surface area contributed by atoms with Gasteiger partial charge in [0.05, 0.1) is 18.1 Å². The third-order valence-electron chi connectivity index (χ3n) is 5.81. The molecule has 1 aromatic heterocycles. The molecular weight excluding hydrogens is 476 g/mol. The number of thioether (sulfide) groups is 1. The van der Waals surface area contributed by atoms with Gasteiger partial charge in [0.15, 0.2) is 0 Å². The van der Waals surface area contributed by atoms with E-state index in [2.05, 4.69) is 11.0 Å². The van der Waals surface area contributed by atoms with Crippen molar-refractivity contribution in [3.05, 3.63) is 31.9 Å². The lowest BCUT2D eigenvalue weighted by atomic mass is 10.0. The molecule has 11 heteroatoms. The molecule has 0 spiro atoms. The second-order valence-electron chi connectivity index (χ2n) is 8.09. The van der Waals surface area contributed by atoms with Crippen molar-refractivity contribution >= 4 is 52.1 Å². The zero-order valence-electron chi connectivity index (χ0n) is 19.3. The van der Waals surface area contributed by atoms with Crippen LogP contribution in [0.15, 0.2) is 9.70 Å². The normalized spacial score (nSPS) is 17.5. The molecule has 0 unspecified atom stereocenters. The number of hydrogen-bond acceptors (Lipinski definition) is 8. The first-order valence-corrected chi connectivity index (χ1v) is 12.5. The topological polar surface area (TPSA) is 116 Å². The lowest BCUT2D eigenvalue weighted by molar-refractivity contribution is -0.137. The van der Waals surface area contributed by atoms with Crippen LogP contribution in [0.2, 0.25) is 0 Å². The van der Waals surface area contributed by atoms with E-state index in [0.29, 0.717) is 65.4 Å². The number of amides is 1. The minimum Gasteiger partial charge on any atom is -0.481 e. The highest BCUT2D eigenvalue weighted by Crippen LogP contribution is 2.36. The van der Waals surface area contributed by atoms with E-state index in [-0.39, 0.29) is 30.0 Å². The molecule has 2 aliphatic heterocycles. The average molecular weight is 505 g/mol. The summed E-state index contributed by atoms with van der Waals surface area (Å²) in [5.41, 5.74) is 0.919. The number of aromatic nitrogens is 1. The van der Waals surface area contributed by atoms with Crippen LogP contribution in [-0.2, 0) is 20.9 Å². The van der Waals surface area contributed by atoms with Crippen molar-refractivity contribution in [3.8, 4) is 6.07 Å². The molecule has 0 bridgehead atoms. The van der Waals surface area contributed by atoms with E-state index >= 15 is 0 Å². The molecule has 0 saturated carbocycles. The Kier molecular flexibility index (Phi) is 8.88. The predicted molar refractivity (Wildman–Crippen MR) is 135 cm³/mol. The number of carbonyl (C=O) groups excluding carboxylic acids is 1. The summed E-state index contributed by atoms with van der Waals surface area (Å²) < 4.78 is 7.52. The van der Waals surface area contributed by atoms with Crippen LogP contribution in [0.25, 0.3) is 6.08 Å². The number of carboxylic acid groups (broad SMARTS) is 1. The number of hydrogen-bond donors (Lipinski definition) is 1. The molecule has 182 valence electrons. The van der Waals surface area contributed by atoms with Crippen molar-refractivity contribution in [2.45, 2.75) is 46.1 Å². The molecule has 1 aromatic rings. The molecule has 3 heterocycles. The van der Waals surface area contributed by atoms with Gasteiger partial charge in [0.2, 0.25) is 0 Å². The maximum Gasteiger partial charge on any atom is 0.303 e. The number of nitrogens with zero attached hydrogens (tertiary/aromatic N) is 4. The summed E-state index contributed by atoms with van der Waals surface area (Å²) in [6, 6.07) is 2.05. The zero-order chi connectivity index (χ0) is 24.8. The summed E-state index contributed by atoms with van der Waals surface area (Å²) in [6.45, 7) is 6.68. The Balaban J connectivity index is 2.11. The van der Waals surface area contributed by atoms with Gasteiger partial charge in [-0.2, -0.15) is 5.26 Å². The number of thiocarbonyl (C=S) groups is 1. The van der Waals surface area contributed by atoms with Crippen LogP contribution in [0.3, 0.4) is 0 Å². The second-order valence-corrected chi connectivity index (χ2v) is 9.77. The highest BCUT2D eigenvalue weighted by Gasteiger charge is 2.33. The Morgan fingerprint density at radius 3 is 2.59 bits per heavy atom. The number of carbonyl (C=O) groups is 2. The quantitative estimate of drug-likeness (QED) is 0.400. The minimum atomic E-state index is -0.926. The first-order chi connectivity index (χ1) is 16.3. The van der Waals surface area contributed by atoms with Crippen molar-refractivity contribution in [1.82, 2.24) is 9.47 Å². The Hall–Kier alpha value is -2.68. The molecule has 2 aliphatic rings. The van der Waals surface area contributed by atoms with Crippen molar-refractivity contribution < 1.29 is 19.4 Å². The summed E-state index contributed by atoms with van der Waals surface area (Å²) in [6.07, 6.45) is 3.63. The van der Waals surface area contributed by atoms with Gasteiger partial charge in [-0.25, -0.2) is 0 Å². The molecule has 0 atom stereocenters. The monoisotopic (exact) mass is 504 g/mol. The molecule has 0 aromatic carbocycles. The molecule has 9 nitrogen and oxygen atoms in total. The molecule has 0 aliphatic carbocycles. The number of rotatable bonds is 9. The lowest BCUT2D eigenvalue weighted by Gasteiger charge is -2.33. The maximum atomic E-state index is 13.2. The number of nitriles is 1. The smallest absolute Gasteiger partial charge is 0.303 e. The van der Waals surface area contributed by atoms with E-state index in [1.54, 1.807) is 17.6 Å². The number of aliphatic carboxylic acids is 1. The number of ether oxygens (including phenoxy) is 1. The van der Waals surface area contributed by atoms with Crippen LogP contribution in [-0.4, -0.2) is 63.6 Å². The van der Waals surface area contributed by atoms with Crippen LogP contribution in [0.4, 0.5) is 5.82 Å². The van der Waals surface area contributed by atoms with Gasteiger partial charge >= 0.3 is 5.97 Å². The van der Waals surface area contributed by atoms with Crippen LogP contribution < -0.4 is 10.5 Å². The fourth-order valence-electron chi connectivity index (χ4n) is 4.00. The highest BCUT2D eigenvalue weighted by molar-refractivity contribution is 8.26. The summed E-state index contributed by atoms with van der Waals surface area (Å²) >= 11 is 6.53. The zero-order valence-corrected chi connectivity index (χ0v) is 21.0. The summed E-state index contributed by atoms with van der Waals surface area (Å²) in [5.74, 6) is -0.531. The summed E-state index contributed by atoms with van der Waals surface area (Å²) in [7, 11) is 0. The Labute approximate surface area is 208 Å². The van der Waals surface area contributed by atoms with Crippen molar-refractivity contribution in [2.75, 3.05) is 37.7 Å².